The summed E-state index contributed by atoms with van der Waals surface area (Å²) in [5.41, 5.74) is 1.60. The number of piperidine rings is 1. The molecule has 200 valence electrons. The molecule has 1 saturated heterocycles. The van der Waals surface area contributed by atoms with Crippen LogP contribution < -0.4 is 5.32 Å². The molecule has 2 heterocycles. The van der Waals surface area contributed by atoms with Crippen LogP contribution in [0, 0.1) is 11.6 Å². The Kier molecular flexibility index (Phi) is 9.57. The Labute approximate surface area is 215 Å². The highest BCUT2D eigenvalue weighted by Gasteiger charge is 2.27. The Morgan fingerprint density at radius 2 is 1.86 bits per heavy atom. The number of rotatable bonds is 9. The molecule has 0 atom stereocenters. The highest BCUT2D eigenvalue weighted by atomic mass is 19.1. The Hall–Kier alpha value is -3.53. The van der Waals surface area contributed by atoms with Gasteiger partial charge in [0.2, 0.25) is 0 Å². The number of hydrogen-bond donors (Lipinski definition) is 1. The summed E-state index contributed by atoms with van der Waals surface area (Å²) in [4.78, 5) is 26.0. The molecule has 1 N–H and O–H groups in total. The highest BCUT2D eigenvalue weighted by molar-refractivity contribution is 5.95. The van der Waals surface area contributed by atoms with Gasteiger partial charge in [-0.25, -0.2) is 13.6 Å². The van der Waals surface area contributed by atoms with Crippen molar-refractivity contribution in [3.63, 3.8) is 0 Å². The van der Waals surface area contributed by atoms with Crippen molar-refractivity contribution in [2.45, 2.75) is 45.8 Å². The van der Waals surface area contributed by atoms with Crippen molar-refractivity contribution in [2.75, 3.05) is 33.4 Å². The van der Waals surface area contributed by atoms with E-state index in [1.54, 1.807) is 30.2 Å². The fraction of sp³-hybridized carbons (Fsp3) is 0.444. The van der Waals surface area contributed by atoms with Gasteiger partial charge in [0.15, 0.2) is 0 Å². The van der Waals surface area contributed by atoms with E-state index in [9.17, 15) is 18.4 Å². The van der Waals surface area contributed by atoms with E-state index in [1.165, 1.54) is 7.11 Å². The average Bonchev–Trinajstić information content (AvgIpc) is 3.27. The summed E-state index contributed by atoms with van der Waals surface area (Å²) < 4.78 is 41.6. The number of hydrogen-bond acceptors (Lipinski definition) is 5. The number of ether oxygens (including phenoxy) is 2. The number of halogens is 2. The van der Waals surface area contributed by atoms with Crippen LogP contribution >= 0.6 is 0 Å². The van der Waals surface area contributed by atoms with Gasteiger partial charge in [0, 0.05) is 37.9 Å². The van der Waals surface area contributed by atoms with Gasteiger partial charge >= 0.3 is 6.09 Å². The third-order valence-electron chi connectivity index (χ3n) is 6.15. The van der Waals surface area contributed by atoms with Gasteiger partial charge in [0.1, 0.15) is 11.6 Å². The van der Waals surface area contributed by atoms with Gasteiger partial charge in [0.25, 0.3) is 5.91 Å². The van der Waals surface area contributed by atoms with Gasteiger partial charge in [-0.15, -0.1) is 0 Å². The summed E-state index contributed by atoms with van der Waals surface area (Å²) in [6.07, 6.45) is 5.96. The summed E-state index contributed by atoms with van der Waals surface area (Å²) in [5.74, 6) is -2.23. The first kappa shape index (κ1) is 28.0. The number of likely N-dealkylation sites (tertiary alicyclic amines) is 1. The second-order valence-electron chi connectivity index (χ2n) is 9.17. The van der Waals surface area contributed by atoms with Crippen LogP contribution in [0.25, 0.3) is 17.7 Å². The standard InChI is InChI=1S/C27H34F2N4O4/c1-6-25-19(16-31-33(25)20-7-10-32(11-8-20)27(35)37-17(2)3)13-18(4)21-14-24(29)22(15-23(21)28)26(34)30-9-12-36-5/h6,13-17,20H,1,7-12H2,2-5H3,(H,30,34)/b18-13+. The first-order valence-electron chi connectivity index (χ1n) is 12.3. The SMILES string of the molecule is C=Cc1c(/C=C(\C)c2cc(F)c(C(=O)NCCOC)cc2F)cnn1C1CCN(C(=O)OC(C)C)CC1. The maximum absolute atomic E-state index is 14.9. The lowest BCUT2D eigenvalue weighted by Crippen LogP contribution is -2.40. The fourth-order valence-corrected chi connectivity index (χ4v) is 4.26. The van der Waals surface area contributed by atoms with E-state index in [2.05, 4.69) is 17.0 Å². The molecule has 1 fully saturated rings. The molecule has 1 aliphatic rings. The lowest BCUT2D eigenvalue weighted by atomic mass is 10.0. The molecule has 0 aliphatic carbocycles. The van der Waals surface area contributed by atoms with Crippen molar-refractivity contribution in [2.24, 2.45) is 0 Å². The molecule has 0 unspecified atom stereocenters. The zero-order valence-electron chi connectivity index (χ0n) is 21.7. The quantitative estimate of drug-likeness (QED) is 0.478. The van der Waals surface area contributed by atoms with Crippen LogP contribution in [-0.4, -0.2) is 66.1 Å². The molecular formula is C27H34F2N4O4. The number of amides is 2. The number of methoxy groups -OCH3 is 1. The van der Waals surface area contributed by atoms with E-state index < -0.39 is 17.5 Å². The molecule has 37 heavy (non-hydrogen) atoms. The minimum atomic E-state index is -0.818. The molecule has 2 aromatic rings. The van der Waals surface area contributed by atoms with Crippen molar-refractivity contribution in [1.29, 1.82) is 0 Å². The molecule has 1 aromatic heterocycles. The van der Waals surface area contributed by atoms with E-state index in [0.717, 1.165) is 17.8 Å². The average molecular weight is 517 g/mol. The lowest BCUT2D eigenvalue weighted by Gasteiger charge is -2.32. The van der Waals surface area contributed by atoms with Gasteiger partial charge in [-0.1, -0.05) is 6.58 Å². The number of allylic oxidation sites excluding steroid dienone is 1. The molecule has 8 nitrogen and oxygen atoms in total. The first-order valence-corrected chi connectivity index (χ1v) is 12.3. The van der Waals surface area contributed by atoms with Gasteiger partial charge < -0.3 is 19.7 Å². The van der Waals surface area contributed by atoms with Crippen LogP contribution in [0.2, 0.25) is 0 Å². The van der Waals surface area contributed by atoms with E-state index in [4.69, 9.17) is 9.47 Å². The Bertz CT molecular complexity index is 1170. The second kappa shape index (κ2) is 12.6. The topological polar surface area (TPSA) is 85.7 Å². The summed E-state index contributed by atoms with van der Waals surface area (Å²) in [6.45, 7) is 10.8. The van der Waals surface area contributed by atoms with Crippen LogP contribution in [0.4, 0.5) is 13.6 Å². The smallest absolute Gasteiger partial charge is 0.410 e. The van der Waals surface area contributed by atoms with Crippen molar-refractivity contribution < 1.29 is 27.8 Å². The molecule has 2 amide bonds. The second-order valence-corrected chi connectivity index (χ2v) is 9.17. The third kappa shape index (κ3) is 6.82. The van der Waals surface area contributed by atoms with Crippen LogP contribution in [0.15, 0.2) is 24.9 Å². The van der Waals surface area contributed by atoms with Crippen LogP contribution in [0.3, 0.4) is 0 Å². The summed E-state index contributed by atoms with van der Waals surface area (Å²) in [7, 11) is 1.48. The zero-order valence-corrected chi connectivity index (χ0v) is 21.7. The van der Waals surface area contributed by atoms with Crippen molar-refractivity contribution in [1.82, 2.24) is 20.0 Å². The van der Waals surface area contributed by atoms with Gasteiger partial charge in [-0.2, -0.15) is 5.10 Å². The summed E-state index contributed by atoms with van der Waals surface area (Å²) in [6, 6.07) is 1.99. The maximum Gasteiger partial charge on any atom is 0.410 e. The molecule has 0 saturated carbocycles. The number of nitrogens with one attached hydrogen (secondary N) is 1. The van der Waals surface area contributed by atoms with Gasteiger partial charge in [0.05, 0.1) is 36.2 Å². The molecule has 3 rings (SSSR count). The minimum Gasteiger partial charge on any atom is -0.447 e. The van der Waals surface area contributed by atoms with E-state index in [-0.39, 0.29) is 42.5 Å². The molecule has 0 spiro atoms. The monoisotopic (exact) mass is 516 g/mol. The van der Waals surface area contributed by atoms with Crippen molar-refractivity contribution >= 4 is 29.7 Å². The first-order chi connectivity index (χ1) is 17.7. The number of carbonyl (C=O) groups is 2. The van der Waals surface area contributed by atoms with Crippen LogP contribution in [-0.2, 0) is 9.47 Å². The van der Waals surface area contributed by atoms with Crippen molar-refractivity contribution in [3.8, 4) is 0 Å². The van der Waals surface area contributed by atoms with Gasteiger partial charge in [-0.3, -0.25) is 9.48 Å². The number of aromatic nitrogens is 2. The predicted octanol–water partition coefficient (Wildman–Crippen LogP) is 4.92. The van der Waals surface area contributed by atoms with Crippen LogP contribution in [0.5, 0.6) is 0 Å². The highest BCUT2D eigenvalue weighted by Crippen LogP contribution is 2.29. The Morgan fingerprint density at radius 1 is 1.22 bits per heavy atom. The zero-order chi connectivity index (χ0) is 27.1. The third-order valence-corrected chi connectivity index (χ3v) is 6.15. The van der Waals surface area contributed by atoms with Crippen LogP contribution in [0.1, 0.15) is 66.8 Å². The number of carbonyl (C=O) groups excluding carboxylic acids is 2. The number of nitrogens with zero attached hydrogens (tertiary/aromatic N) is 3. The van der Waals surface area contributed by atoms with E-state index >= 15 is 0 Å². The molecule has 0 bridgehead atoms. The Morgan fingerprint density at radius 3 is 2.49 bits per heavy atom. The largest absolute Gasteiger partial charge is 0.447 e. The minimum absolute atomic E-state index is 0.0469. The summed E-state index contributed by atoms with van der Waals surface area (Å²) in [5, 5.41) is 7.01. The molecule has 1 aliphatic heterocycles. The van der Waals surface area contributed by atoms with E-state index in [0.29, 0.717) is 37.1 Å². The fourth-order valence-electron chi connectivity index (χ4n) is 4.26. The van der Waals surface area contributed by atoms with Gasteiger partial charge in [-0.05, 0) is 63.5 Å². The Balaban J connectivity index is 1.77. The molecule has 0 radical (unpaired) electrons. The normalized spacial score (nSPS) is 14.7. The van der Waals surface area contributed by atoms with Crippen molar-refractivity contribution in [3.05, 3.63) is 58.9 Å². The summed E-state index contributed by atoms with van der Waals surface area (Å²) >= 11 is 0. The predicted molar refractivity (Wildman–Crippen MR) is 138 cm³/mol. The molecule has 1 aromatic carbocycles. The number of benzene rings is 1. The molecule has 10 heteroatoms. The lowest BCUT2D eigenvalue weighted by molar-refractivity contribution is 0.0652. The van der Waals surface area contributed by atoms with E-state index in [1.807, 2.05) is 18.5 Å². The molecular weight excluding hydrogens is 482 g/mol. The maximum atomic E-state index is 14.9.